The van der Waals surface area contributed by atoms with E-state index in [0.29, 0.717) is 11.1 Å². The van der Waals surface area contributed by atoms with Gasteiger partial charge in [0, 0.05) is 5.56 Å². The summed E-state index contributed by atoms with van der Waals surface area (Å²) >= 11 is 0. The van der Waals surface area contributed by atoms with Crippen molar-refractivity contribution in [2.24, 2.45) is 0 Å². The van der Waals surface area contributed by atoms with Crippen LogP contribution >= 0.6 is 0 Å². The Morgan fingerprint density at radius 2 is 1.80 bits per heavy atom. The van der Waals surface area contributed by atoms with Crippen LogP contribution in [0.4, 0.5) is 13.2 Å². The molecule has 2 aromatic carbocycles. The van der Waals surface area contributed by atoms with Gasteiger partial charge in [0.25, 0.3) is 0 Å². The van der Waals surface area contributed by atoms with Crippen molar-refractivity contribution in [3.05, 3.63) is 65.2 Å². The molecule has 0 radical (unpaired) electrons. The van der Waals surface area contributed by atoms with Crippen LogP contribution in [0.5, 0.6) is 5.75 Å². The zero-order valence-corrected chi connectivity index (χ0v) is 10.3. The average Bonchev–Trinajstić information content (AvgIpc) is 2.45. The second kappa shape index (κ2) is 5.66. The van der Waals surface area contributed by atoms with Gasteiger partial charge in [-0.25, -0.2) is 0 Å². The van der Waals surface area contributed by atoms with Gasteiger partial charge in [0.2, 0.25) is 0 Å². The number of halogens is 3. The van der Waals surface area contributed by atoms with E-state index in [1.165, 1.54) is 12.1 Å². The summed E-state index contributed by atoms with van der Waals surface area (Å²) in [6, 6.07) is 13.5. The normalized spacial score (nSPS) is 10.9. The second-order valence-electron chi connectivity index (χ2n) is 4.08. The monoisotopic (exact) mass is 277 g/mol. The largest absolute Gasteiger partial charge is 0.489 e. The van der Waals surface area contributed by atoms with Crippen molar-refractivity contribution < 1.29 is 17.9 Å². The predicted octanol–water partition coefficient (Wildman–Crippen LogP) is 4.16. The second-order valence-corrected chi connectivity index (χ2v) is 4.08. The molecule has 0 N–H and O–H groups in total. The van der Waals surface area contributed by atoms with Crippen LogP contribution in [0.2, 0.25) is 0 Å². The van der Waals surface area contributed by atoms with Crippen molar-refractivity contribution in [1.29, 1.82) is 5.26 Å². The van der Waals surface area contributed by atoms with Crippen LogP contribution < -0.4 is 4.74 Å². The fourth-order valence-corrected chi connectivity index (χ4v) is 1.68. The number of hydrogen-bond acceptors (Lipinski definition) is 2. The fraction of sp³-hybridized carbons (Fsp3) is 0.133. The Balaban J connectivity index is 2.14. The van der Waals surface area contributed by atoms with Gasteiger partial charge in [0.1, 0.15) is 12.4 Å². The third kappa shape index (κ3) is 3.29. The van der Waals surface area contributed by atoms with Crippen LogP contribution in [0, 0.1) is 11.3 Å². The summed E-state index contributed by atoms with van der Waals surface area (Å²) < 4.78 is 43.0. The van der Waals surface area contributed by atoms with E-state index >= 15 is 0 Å². The highest BCUT2D eigenvalue weighted by Gasteiger charge is 2.30. The van der Waals surface area contributed by atoms with Crippen molar-refractivity contribution in [2.75, 3.05) is 0 Å². The number of benzene rings is 2. The van der Waals surface area contributed by atoms with E-state index in [1.54, 1.807) is 24.3 Å². The summed E-state index contributed by atoms with van der Waals surface area (Å²) in [6.07, 6.45) is -4.40. The van der Waals surface area contributed by atoms with Crippen molar-refractivity contribution in [3.63, 3.8) is 0 Å². The molecule has 0 fully saturated rings. The standard InChI is InChI=1S/C15H10F3NO/c16-15(17,18)13-6-3-7-14(8-13)20-10-12-5-2-1-4-11(12)9-19/h1-8H,10H2. The topological polar surface area (TPSA) is 33.0 Å². The molecule has 2 rings (SSSR count). The highest BCUT2D eigenvalue weighted by atomic mass is 19.4. The molecule has 0 amide bonds. The highest BCUT2D eigenvalue weighted by Crippen LogP contribution is 2.31. The smallest absolute Gasteiger partial charge is 0.416 e. The van der Waals surface area contributed by atoms with Gasteiger partial charge in [-0.05, 0) is 24.3 Å². The number of ether oxygens (including phenoxy) is 1. The molecule has 0 aliphatic carbocycles. The first-order valence-electron chi connectivity index (χ1n) is 5.79. The SMILES string of the molecule is N#Cc1ccccc1COc1cccc(C(F)(F)F)c1. The molecule has 0 aliphatic heterocycles. The molecule has 0 heterocycles. The Kier molecular flexibility index (Phi) is 3.94. The Labute approximate surface area is 114 Å². The predicted molar refractivity (Wildman–Crippen MR) is 66.9 cm³/mol. The molecule has 0 spiro atoms. The third-order valence-electron chi connectivity index (χ3n) is 2.69. The molecular formula is C15H10F3NO. The fourth-order valence-electron chi connectivity index (χ4n) is 1.68. The first kappa shape index (κ1) is 13.9. The zero-order valence-electron chi connectivity index (χ0n) is 10.3. The number of nitriles is 1. The van der Waals surface area contributed by atoms with Gasteiger partial charge in [0.05, 0.1) is 17.2 Å². The molecule has 0 saturated carbocycles. The summed E-state index contributed by atoms with van der Waals surface area (Å²) in [4.78, 5) is 0. The summed E-state index contributed by atoms with van der Waals surface area (Å²) in [7, 11) is 0. The van der Waals surface area contributed by atoms with Gasteiger partial charge in [0.15, 0.2) is 0 Å². The van der Waals surface area contributed by atoms with Crippen LogP contribution in [-0.4, -0.2) is 0 Å². The maximum absolute atomic E-state index is 12.6. The Hall–Kier alpha value is -2.48. The van der Waals surface area contributed by atoms with Crippen LogP contribution in [0.15, 0.2) is 48.5 Å². The Morgan fingerprint density at radius 3 is 2.50 bits per heavy atom. The minimum absolute atomic E-state index is 0.0467. The number of hydrogen-bond donors (Lipinski definition) is 0. The summed E-state index contributed by atoms with van der Waals surface area (Å²) in [5.41, 5.74) is 0.315. The maximum Gasteiger partial charge on any atom is 0.416 e. The van der Waals surface area contributed by atoms with E-state index in [0.717, 1.165) is 12.1 Å². The quantitative estimate of drug-likeness (QED) is 0.844. The Bertz CT molecular complexity index is 644. The minimum Gasteiger partial charge on any atom is -0.489 e. The van der Waals surface area contributed by atoms with Crippen LogP contribution in [-0.2, 0) is 12.8 Å². The minimum atomic E-state index is -4.40. The molecule has 0 aromatic heterocycles. The molecule has 2 nitrogen and oxygen atoms in total. The van der Waals surface area contributed by atoms with Crippen molar-refractivity contribution >= 4 is 0 Å². The molecule has 20 heavy (non-hydrogen) atoms. The van der Waals surface area contributed by atoms with E-state index in [4.69, 9.17) is 10.00 Å². The van der Waals surface area contributed by atoms with E-state index in [-0.39, 0.29) is 12.4 Å². The van der Waals surface area contributed by atoms with E-state index in [9.17, 15) is 13.2 Å². The summed E-state index contributed by atoms with van der Waals surface area (Å²) in [5, 5.41) is 8.91. The van der Waals surface area contributed by atoms with Crippen molar-refractivity contribution in [1.82, 2.24) is 0 Å². The molecule has 0 aliphatic rings. The first-order valence-corrected chi connectivity index (χ1v) is 5.79. The molecule has 0 unspecified atom stereocenters. The molecule has 0 bridgehead atoms. The lowest BCUT2D eigenvalue weighted by molar-refractivity contribution is -0.137. The maximum atomic E-state index is 12.6. The first-order chi connectivity index (χ1) is 9.50. The van der Waals surface area contributed by atoms with Gasteiger partial charge in [-0.3, -0.25) is 0 Å². The van der Waals surface area contributed by atoms with E-state index in [1.807, 2.05) is 6.07 Å². The number of nitrogens with zero attached hydrogens (tertiary/aromatic N) is 1. The molecule has 2 aromatic rings. The number of rotatable bonds is 3. The Morgan fingerprint density at radius 1 is 1.05 bits per heavy atom. The summed E-state index contributed by atoms with van der Waals surface area (Å²) in [6.45, 7) is 0.0467. The van der Waals surface area contributed by atoms with Crippen molar-refractivity contribution in [3.8, 4) is 11.8 Å². The van der Waals surface area contributed by atoms with Crippen LogP contribution in [0.3, 0.4) is 0 Å². The molecule has 5 heteroatoms. The van der Waals surface area contributed by atoms with Gasteiger partial charge >= 0.3 is 6.18 Å². The lowest BCUT2D eigenvalue weighted by atomic mass is 10.1. The van der Waals surface area contributed by atoms with Crippen molar-refractivity contribution in [2.45, 2.75) is 12.8 Å². The van der Waals surface area contributed by atoms with Crippen LogP contribution in [0.1, 0.15) is 16.7 Å². The third-order valence-corrected chi connectivity index (χ3v) is 2.69. The number of alkyl halides is 3. The molecular weight excluding hydrogens is 267 g/mol. The highest BCUT2D eigenvalue weighted by molar-refractivity contribution is 5.37. The lowest BCUT2D eigenvalue weighted by Crippen LogP contribution is -2.05. The zero-order chi connectivity index (χ0) is 14.6. The van der Waals surface area contributed by atoms with Gasteiger partial charge in [-0.15, -0.1) is 0 Å². The molecule has 0 saturated heterocycles. The van der Waals surface area contributed by atoms with E-state index in [2.05, 4.69) is 0 Å². The van der Waals surface area contributed by atoms with Gasteiger partial charge in [-0.1, -0.05) is 24.3 Å². The molecule has 0 atom stereocenters. The average molecular weight is 277 g/mol. The lowest BCUT2D eigenvalue weighted by Gasteiger charge is -2.10. The van der Waals surface area contributed by atoms with E-state index < -0.39 is 11.7 Å². The molecule has 102 valence electrons. The van der Waals surface area contributed by atoms with Gasteiger partial charge in [-0.2, -0.15) is 18.4 Å². The summed E-state index contributed by atoms with van der Waals surface area (Å²) in [5.74, 6) is 0.118. The van der Waals surface area contributed by atoms with Gasteiger partial charge < -0.3 is 4.74 Å². The van der Waals surface area contributed by atoms with Crippen LogP contribution in [0.25, 0.3) is 0 Å².